The molecule has 4 heteroatoms. The van der Waals surface area contributed by atoms with E-state index in [1.54, 1.807) is 0 Å². The van der Waals surface area contributed by atoms with E-state index in [2.05, 4.69) is 10.2 Å². The lowest BCUT2D eigenvalue weighted by molar-refractivity contribution is -0.133. The van der Waals surface area contributed by atoms with Gasteiger partial charge in [-0.1, -0.05) is 6.42 Å². The monoisotopic (exact) mass is 258 g/mol. The van der Waals surface area contributed by atoms with Gasteiger partial charge in [0.15, 0.2) is 0 Å². The molecule has 1 saturated heterocycles. The Kier molecular flexibility index (Phi) is 4.31. The van der Waals surface area contributed by atoms with E-state index in [4.69, 9.17) is 0 Å². The Morgan fingerprint density at radius 3 is 2.53 bits per heavy atom. The van der Waals surface area contributed by atoms with Crippen molar-refractivity contribution in [3.63, 3.8) is 0 Å². The summed E-state index contributed by atoms with van der Waals surface area (Å²) in [6.07, 6.45) is 6.41. The van der Waals surface area contributed by atoms with Gasteiger partial charge in [0, 0.05) is 32.6 Å². The molecule has 17 heavy (non-hydrogen) atoms. The van der Waals surface area contributed by atoms with Crippen LogP contribution in [-0.4, -0.2) is 37.0 Å². The molecule has 3 rings (SSSR count). The molecule has 1 heterocycles. The fourth-order valence-corrected chi connectivity index (χ4v) is 3.89. The predicted molar refractivity (Wildman–Crippen MR) is 70.3 cm³/mol. The van der Waals surface area contributed by atoms with Gasteiger partial charge in [0.05, 0.1) is 0 Å². The van der Waals surface area contributed by atoms with Crippen molar-refractivity contribution in [2.45, 2.75) is 32.1 Å². The number of carbonyl (C=O) groups excluding carboxylic acids is 1. The highest BCUT2D eigenvalue weighted by atomic mass is 35.5. The van der Waals surface area contributed by atoms with Gasteiger partial charge in [0.2, 0.25) is 5.91 Å². The summed E-state index contributed by atoms with van der Waals surface area (Å²) < 4.78 is 0. The van der Waals surface area contributed by atoms with E-state index >= 15 is 0 Å². The molecule has 2 bridgehead atoms. The summed E-state index contributed by atoms with van der Waals surface area (Å²) in [6.45, 7) is 3.78. The Morgan fingerprint density at radius 2 is 1.94 bits per heavy atom. The summed E-state index contributed by atoms with van der Waals surface area (Å²) in [6, 6.07) is 0. The molecule has 3 unspecified atom stereocenters. The molecule has 1 aliphatic heterocycles. The van der Waals surface area contributed by atoms with Crippen LogP contribution in [0.25, 0.3) is 0 Å². The van der Waals surface area contributed by atoms with E-state index in [1.807, 2.05) is 0 Å². The highest BCUT2D eigenvalue weighted by Gasteiger charge is 2.40. The highest BCUT2D eigenvalue weighted by Crippen LogP contribution is 2.49. The summed E-state index contributed by atoms with van der Waals surface area (Å²) in [5, 5.41) is 3.30. The molecule has 3 aliphatic rings. The van der Waals surface area contributed by atoms with Crippen LogP contribution in [0.5, 0.6) is 0 Å². The number of nitrogens with zero attached hydrogens (tertiary/aromatic N) is 1. The zero-order valence-electron chi connectivity index (χ0n) is 10.4. The Labute approximate surface area is 110 Å². The molecule has 2 saturated carbocycles. The van der Waals surface area contributed by atoms with E-state index in [0.29, 0.717) is 5.91 Å². The maximum Gasteiger partial charge on any atom is 0.222 e. The number of amides is 1. The van der Waals surface area contributed by atoms with E-state index in [1.165, 1.54) is 25.7 Å². The van der Waals surface area contributed by atoms with Crippen LogP contribution in [0.4, 0.5) is 0 Å². The van der Waals surface area contributed by atoms with Gasteiger partial charge in [-0.2, -0.15) is 0 Å². The van der Waals surface area contributed by atoms with E-state index < -0.39 is 0 Å². The largest absolute Gasteiger partial charge is 0.340 e. The second kappa shape index (κ2) is 5.57. The topological polar surface area (TPSA) is 32.3 Å². The van der Waals surface area contributed by atoms with Crippen LogP contribution in [0.1, 0.15) is 32.1 Å². The van der Waals surface area contributed by atoms with E-state index in [-0.39, 0.29) is 12.4 Å². The third-order valence-corrected chi connectivity index (χ3v) is 4.79. The van der Waals surface area contributed by atoms with Gasteiger partial charge in [-0.25, -0.2) is 0 Å². The van der Waals surface area contributed by atoms with Gasteiger partial charge in [-0.3, -0.25) is 4.79 Å². The lowest BCUT2D eigenvalue weighted by Gasteiger charge is -2.30. The van der Waals surface area contributed by atoms with Crippen LogP contribution in [0.2, 0.25) is 0 Å². The molecule has 0 aromatic rings. The number of piperazine rings is 1. The zero-order chi connectivity index (χ0) is 11.0. The van der Waals surface area contributed by atoms with Gasteiger partial charge in [0.1, 0.15) is 0 Å². The fourth-order valence-electron chi connectivity index (χ4n) is 3.89. The summed E-state index contributed by atoms with van der Waals surface area (Å²) in [5.74, 6) is 2.99. The van der Waals surface area contributed by atoms with Crippen molar-refractivity contribution in [3.05, 3.63) is 0 Å². The average Bonchev–Trinajstić information content (AvgIpc) is 2.92. The average molecular weight is 259 g/mol. The van der Waals surface area contributed by atoms with Crippen molar-refractivity contribution < 1.29 is 4.79 Å². The Hall–Kier alpha value is -0.280. The van der Waals surface area contributed by atoms with Gasteiger partial charge in [0.25, 0.3) is 0 Å². The molecule has 0 radical (unpaired) electrons. The number of hydrogen-bond acceptors (Lipinski definition) is 2. The quantitative estimate of drug-likeness (QED) is 0.817. The SMILES string of the molecule is Cl.O=C(CC1CC2CCC1C2)N1CCNCC1. The first-order chi connectivity index (χ1) is 7.83. The van der Waals surface area contributed by atoms with Crippen molar-refractivity contribution in [2.24, 2.45) is 17.8 Å². The van der Waals surface area contributed by atoms with E-state index in [9.17, 15) is 4.79 Å². The van der Waals surface area contributed by atoms with Crippen LogP contribution < -0.4 is 5.32 Å². The normalized spacial score (nSPS) is 35.8. The zero-order valence-corrected chi connectivity index (χ0v) is 11.2. The number of hydrogen-bond donors (Lipinski definition) is 1. The lowest BCUT2D eigenvalue weighted by Crippen LogP contribution is -2.47. The standard InChI is InChI=1S/C13H22N2O.ClH/c16-13(15-5-3-14-4-6-15)9-12-8-10-1-2-11(12)7-10;/h10-12,14H,1-9H2;1H. The molecule has 3 fully saturated rings. The van der Waals surface area contributed by atoms with Crippen molar-refractivity contribution in [3.8, 4) is 0 Å². The third kappa shape index (κ3) is 2.76. The Morgan fingerprint density at radius 1 is 1.18 bits per heavy atom. The van der Waals surface area contributed by atoms with Crippen LogP contribution in [0.15, 0.2) is 0 Å². The molecule has 0 spiro atoms. The minimum absolute atomic E-state index is 0. The van der Waals surface area contributed by atoms with Crippen LogP contribution in [0, 0.1) is 17.8 Å². The summed E-state index contributed by atoms with van der Waals surface area (Å²) in [5.41, 5.74) is 0. The molecule has 3 nitrogen and oxygen atoms in total. The van der Waals surface area contributed by atoms with Crippen molar-refractivity contribution in [1.82, 2.24) is 10.2 Å². The third-order valence-electron chi connectivity index (χ3n) is 4.79. The van der Waals surface area contributed by atoms with Crippen molar-refractivity contribution >= 4 is 18.3 Å². The maximum atomic E-state index is 12.1. The fraction of sp³-hybridized carbons (Fsp3) is 0.923. The number of rotatable bonds is 2. The first kappa shape index (κ1) is 13.2. The second-order valence-electron chi connectivity index (χ2n) is 5.77. The van der Waals surface area contributed by atoms with Crippen molar-refractivity contribution in [1.29, 1.82) is 0 Å². The molecular formula is C13H23ClN2O. The summed E-state index contributed by atoms with van der Waals surface area (Å²) >= 11 is 0. The molecule has 0 aromatic heterocycles. The number of halogens is 1. The minimum atomic E-state index is 0. The second-order valence-corrected chi connectivity index (χ2v) is 5.77. The predicted octanol–water partition coefficient (Wildman–Crippen LogP) is 1.67. The molecule has 2 aliphatic carbocycles. The molecular weight excluding hydrogens is 236 g/mol. The lowest BCUT2D eigenvalue weighted by atomic mass is 9.86. The molecule has 1 N–H and O–H groups in total. The number of nitrogens with one attached hydrogen (secondary N) is 1. The van der Waals surface area contributed by atoms with Crippen LogP contribution in [0.3, 0.4) is 0 Å². The summed E-state index contributed by atoms with van der Waals surface area (Å²) in [4.78, 5) is 14.2. The Balaban J connectivity index is 0.00000108. The smallest absolute Gasteiger partial charge is 0.222 e. The molecule has 98 valence electrons. The van der Waals surface area contributed by atoms with Gasteiger partial charge < -0.3 is 10.2 Å². The van der Waals surface area contributed by atoms with Crippen LogP contribution in [-0.2, 0) is 4.79 Å². The van der Waals surface area contributed by atoms with Crippen LogP contribution >= 0.6 is 12.4 Å². The molecule has 3 atom stereocenters. The Bertz CT molecular complexity index is 279. The number of fused-ring (bicyclic) bond motifs is 2. The first-order valence-electron chi connectivity index (χ1n) is 6.81. The van der Waals surface area contributed by atoms with Gasteiger partial charge in [-0.05, 0) is 37.0 Å². The highest BCUT2D eigenvalue weighted by molar-refractivity contribution is 5.85. The number of carbonyl (C=O) groups is 1. The van der Waals surface area contributed by atoms with E-state index in [0.717, 1.165) is 50.4 Å². The van der Waals surface area contributed by atoms with Gasteiger partial charge in [-0.15, -0.1) is 12.4 Å². The van der Waals surface area contributed by atoms with Crippen molar-refractivity contribution in [2.75, 3.05) is 26.2 Å². The molecule has 1 amide bonds. The van der Waals surface area contributed by atoms with Gasteiger partial charge >= 0.3 is 0 Å². The maximum absolute atomic E-state index is 12.1. The minimum Gasteiger partial charge on any atom is -0.340 e. The summed E-state index contributed by atoms with van der Waals surface area (Å²) in [7, 11) is 0. The molecule has 0 aromatic carbocycles. The first-order valence-corrected chi connectivity index (χ1v) is 6.81.